The Morgan fingerprint density at radius 1 is 1.22 bits per heavy atom. The first-order valence-corrected chi connectivity index (χ1v) is 6.93. The second-order valence-electron chi connectivity index (χ2n) is 5.01. The number of carbonyl (C=O) groups is 2. The number of halogens is 1. The molecule has 0 radical (unpaired) electrons. The van der Waals surface area contributed by atoms with E-state index in [1.54, 1.807) is 24.3 Å². The average Bonchev–Trinajstić information content (AvgIpc) is 2.59. The Morgan fingerprint density at radius 2 is 2.00 bits per heavy atom. The zero-order valence-electron chi connectivity index (χ0n) is 12.0. The van der Waals surface area contributed by atoms with Crippen LogP contribution in [0.15, 0.2) is 48.5 Å². The van der Waals surface area contributed by atoms with E-state index in [2.05, 4.69) is 0 Å². The Kier molecular flexibility index (Phi) is 3.94. The molecule has 23 heavy (non-hydrogen) atoms. The number of para-hydroxylation sites is 2. The van der Waals surface area contributed by atoms with E-state index in [9.17, 15) is 14.0 Å². The number of fused-ring (bicyclic) bond motifs is 1. The van der Waals surface area contributed by atoms with Crippen LogP contribution in [0.3, 0.4) is 0 Å². The molecule has 1 aliphatic rings. The van der Waals surface area contributed by atoms with Crippen molar-refractivity contribution in [2.75, 3.05) is 11.4 Å². The van der Waals surface area contributed by atoms with E-state index in [1.807, 2.05) is 5.43 Å². The van der Waals surface area contributed by atoms with Crippen molar-refractivity contribution in [1.29, 1.82) is 0 Å². The summed E-state index contributed by atoms with van der Waals surface area (Å²) in [5, 5.41) is 0. The fourth-order valence-electron chi connectivity index (χ4n) is 2.43. The lowest BCUT2D eigenvalue weighted by Crippen LogP contribution is -2.52. The minimum atomic E-state index is -0.938. The summed E-state index contributed by atoms with van der Waals surface area (Å²) in [5.74, 6) is 4.06. The monoisotopic (exact) mass is 315 g/mol. The first kappa shape index (κ1) is 15.0. The zero-order chi connectivity index (χ0) is 16.4. The predicted molar refractivity (Wildman–Crippen MR) is 81.3 cm³/mol. The summed E-state index contributed by atoms with van der Waals surface area (Å²) in [6.07, 6.45) is -0.938. The molecule has 0 aromatic heterocycles. The van der Waals surface area contributed by atoms with Crippen LogP contribution in [0.25, 0.3) is 0 Å². The molecule has 0 fully saturated rings. The van der Waals surface area contributed by atoms with Gasteiger partial charge in [-0.3, -0.25) is 15.0 Å². The third-order valence-electron chi connectivity index (χ3n) is 3.53. The number of anilines is 1. The van der Waals surface area contributed by atoms with Crippen LogP contribution in [-0.2, 0) is 4.79 Å². The number of carbonyl (C=O) groups excluding carboxylic acids is 2. The number of nitrogens with one attached hydrogen (secondary N) is 1. The van der Waals surface area contributed by atoms with E-state index in [0.29, 0.717) is 11.4 Å². The van der Waals surface area contributed by atoms with Gasteiger partial charge >= 0.3 is 0 Å². The normalized spacial score (nSPS) is 16.3. The second-order valence-corrected chi connectivity index (χ2v) is 5.01. The molecule has 6 nitrogen and oxygen atoms in total. The van der Waals surface area contributed by atoms with E-state index in [-0.39, 0.29) is 12.1 Å². The molecule has 1 aliphatic heterocycles. The predicted octanol–water partition coefficient (Wildman–Crippen LogP) is 1.22. The third kappa shape index (κ3) is 2.86. The van der Waals surface area contributed by atoms with Crippen LogP contribution in [0.5, 0.6) is 5.75 Å². The van der Waals surface area contributed by atoms with Gasteiger partial charge in [0.15, 0.2) is 6.10 Å². The number of ether oxygens (including phenoxy) is 1. The van der Waals surface area contributed by atoms with E-state index < -0.39 is 23.7 Å². The van der Waals surface area contributed by atoms with Gasteiger partial charge in [-0.05, 0) is 30.3 Å². The number of nitrogens with zero attached hydrogens (tertiary/aromatic N) is 1. The SMILES string of the molecule is NNC(=O)[C@@H]1CN(C(=O)c2cccc(F)c2)c2ccccc2O1. The first-order valence-electron chi connectivity index (χ1n) is 6.93. The Balaban J connectivity index is 1.99. The molecule has 0 saturated carbocycles. The highest BCUT2D eigenvalue weighted by Gasteiger charge is 2.33. The highest BCUT2D eigenvalue weighted by atomic mass is 19.1. The molecule has 3 N–H and O–H groups in total. The second kappa shape index (κ2) is 6.05. The molecule has 2 aromatic rings. The van der Waals surface area contributed by atoms with Gasteiger partial charge in [0.1, 0.15) is 11.6 Å². The molecule has 118 valence electrons. The lowest BCUT2D eigenvalue weighted by Gasteiger charge is -2.33. The molecule has 0 aliphatic carbocycles. The highest BCUT2D eigenvalue weighted by molar-refractivity contribution is 6.07. The van der Waals surface area contributed by atoms with Crippen molar-refractivity contribution >= 4 is 17.5 Å². The Labute approximate surface area is 131 Å². The molecule has 0 unspecified atom stereocenters. The molecule has 7 heteroatoms. The Hall–Kier alpha value is -2.93. The molecule has 1 heterocycles. The molecule has 1 atom stereocenters. The maximum absolute atomic E-state index is 13.4. The number of hydrogen-bond acceptors (Lipinski definition) is 4. The number of rotatable bonds is 2. The van der Waals surface area contributed by atoms with Gasteiger partial charge < -0.3 is 9.64 Å². The molecule has 2 amide bonds. The van der Waals surface area contributed by atoms with Crippen LogP contribution in [0.2, 0.25) is 0 Å². The number of amides is 2. The minimum Gasteiger partial charge on any atom is -0.476 e. The third-order valence-corrected chi connectivity index (χ3v) is 3.53. The summed E-state index contributed by atoms with van der Waals surface area (Å²) < 4.78 is 18.9. The lowest BCUT2D eigenvalue weighted by molar-refractivity contribution is -0.127. The van der Waals surface area contributed by atoms with Crippen LogP contribution in [-0.4, -0.2) is 24.5 Å². The summed E-state index contributed by atoms with van der Waals surface area (Å²) in [5.41, 5.74) is 2.72. The van der Waals surface area contributed by atoms with Crippen molar-refractivity contribution in [3.63, 3.8) is 0 Å². The van der Waals surface area contributed by atoms with Crippen molar-refractivity contribution < 1.29 is 18.7 Å². The molecule has 2 aromatic carbocycles. The van der Waals surface area contributed by atoms with Crippen LogP contribution < -0.4 is 20.9 Å². The quantitative estimate of drug-likeness (QED) is 0.496. The summed E-state index contributed by atoms with van der Waals surface area (Å²) in [6, 6.07) is 12.2. The van der Waals surface area contributed by atoms with Crippen molar-refractivity contribution in [1.82, 2.24) is 5.43 Å². The zero-order valence-corrected chi connectivity index (χ0v) is 12.0. The molecule has 0 spiro atoms. The molecule has 0 saturated heterocycles. The van der Waals surface area contributed by atoms with E-state index in [1.165, 1.54) is 23.1 Å². The Morgan fingerprint density at radius 3 is 2.74 bits per heavy atom. The van der Waals surface area contributed by atoms with Gasteiger partial charge in [-0.2, -0.15) is 0 Å². The highest BCUT2D eigenvalue weighted by Crippen LogP contribution is 2.34. The maximum Gasteiger partial charge on any atom is 0.276 e. The summed E-state index contributed by atoms with van der Waals surface area (Å²) in [4.78, 5) is 25.9. The van der Waals surface area contributed by atoms with Gasteiger partial charge in [-0.15, -0.1) is 0 Å². The fraction of sp³-hybridized carbons (Fsp3) is 0.125. The number of benzene rings is 2. The molecular weight excluding hydrogens is 301 g/mol. The first-order chi connectivity index (χ1) is 11.1. The largest absolute Gasteiger partial charge is 0.476 e. The number of hydrazine groups is 1. The van der Waals surface area contributed by atoms with Gasteiger partial charge in [-0.1, -0.05) is 18.2 Å². The van der Waals surface area contributed by atoms with E-state index in [4.69, 9.17) is 10.6 Å². The fourth-order valence-corrected chi connectivity index (χ4v) is 2.43. The summed E-state index contributed by atoms with van der Waals surface area (Å²) in [7, 11) is 0. The van der Waals surface area contributed by atoms with E-state index >= 15 is 0 Å². The maximum atomic E-state index is 13.4. The van der Waals surface area contributed by atoms with Gasteiger partial charge in [0.2, 0.25) is 0 Å². The molecular formula is C16H14FN3O3. The van der Waals surface area contributed by atoms with Crippen molar-refractivity contribution in [2.45, 2.75) is 6.10 Å². The van der Waals surface area contributed by atoms with Crippen LogP contribution in [0, 0.1) is 5.82 Å². The lowest BCUT2D eigenvalue weighted by atomic mass is 10.1. The van der Waals surface area contributed by atoms with Gasteiger partial charge in [-0.25, -0.2) is 10.2 Å². The summed E-state index contributed by atoms with van der Waals surface area (Å²) >= 11 is 0. The topological polar surface area (TPSA) is 84.7 Å². The van der Waals surface area contributed by atoms with Crippen molar-refractivity contribution in [3.05, 3.63) is 59.9 Å². The standard InChI is InChI=1S/C16H14FN3O3/c17-11-5-3-4-10(8-11)16(22)20-9-14(15(21)19-18)23-13-7-2-1-6-12(13)20/h1-8,14H,9,18H2,(H,19,21)/t14-/m0/s1. The number of nitrogens with two attached hydrogens (primary N) is 1. The van der Waals surface area contributed by atoms with Gasteiger partial charge in [0.25, 0.3) is 11.8 Å². The van der Waals surface area contributed by atoms with Gasteiger partial charge in [0.05, 0.1) is 12.2 Å². The average molecular weight is 315 g/mol. The number of hydrogen-bond donors (Lipinski definition) is 2. The van der Waals surface area contributed by atoms with Crippen LogP contribution in [0.1, 0.15) is 10.4 Å². The van der Waals surface area contributed by atoms with Crippen molar-refractivity contribution in [3.8, 4) is 5.75 Å². The van der Waals surface area contributed by atoms with Gasteiger partial charge in [0, 0.05) is 5.56 Å². The van der Waals surface area contributed by atoms with E-state index in [0.717, 1.165) is 6.07 Å². The molecule has 0 bridgehead atoms. The van der Waals surface area contributed by atoms with Crippen molar-refractivity contribution in [2.24, 2.45) is 5.84 Å². The molecule has 3 rings (SSSR count). The summed E-state index contributed by atoms with van der Waals surface area (Å²) in [6.45, 7) is -0.0185. The Bertz CT molecular complexity index is 766. The smallest absolute Gasteiger partial charge is 0.276 e. The van der Waals surface area contributed by atoms with Crippen LogP contribution in [0.4, 0.5) is 10.1 Å². The van der Waals surface area contributed by atoms with Crippen LogP contribution >= 0.6 is 0 Å². The minimum absolute atomic E-state index is 0.0185.